The van der Waals surface area contributed by atoms with Gasteiger partial charge in [0.2, 0.25) is 0 Å². The van der Waals surface area contributed by atoms with Gasteiger partial charge in [-0.3, -0.25) is 9.88 Å². The number of esters is 1. The lowest BCUT2D eigenvalue weighted by Crippen LogP contribution is -2.40. The first-order valence-electron chi connectivity index (χ1n) is 8.10. The number of hydrogen-bond acceptors (Lipinski definition) is 5. The van der Waals surface area contributed by atoms with Crippen LogP contribution >= 0.6 is 11.6 Å². The van der Waals surface area contributed by atoms with E-state index in [1.54, 1.807) is 6.20 Å². The molecule has 5 nitrogen and oxygen atoms in total. The molecule has 0 amide bonds. The second kappa shape index (κ2) is 7.47. The summed E-state index contributed by atoms with van der Waals surface area (Å²) in [6.07, 6.45) is 2.30. The topological polar surface area (TPSA) is 62.7 Å². The molecule has 0 spiro atoms. The second-order valence-corrected chi connectivity index (χ2v) is 6.66. The maximum atomic E-state index is 11.5. The number of aromatic nitrogens is 1. The molecule has 1 atom stereocenters. The molecule has 1 aliphatic rings. The minimum Gasteiger partial charge on any atom is -0.467 e. The summed E-state index contributed by atoms with van der Waals surface area (Å²) in [5.74, 6) is -0.582. The molecule has 0 bridgehead atoms. The third kappa shape index (κ3) is 3.69. The van der Waals surface area contributed by atoms with Gasteiger partial charge in [0, 0.05) is 23.2 Å². The molecule has 0 saturated carbocycles. The standard InChI is InChI=1S/C18H21ClN2O3/c1-24-18(23)17(22)12-4-7-21(8-5-12)11-14-10-15(19)9-13-3-2-6-20-16(13)14/h2-3,6,9-10,12,17,22H,4-5,7-8,11H2,1H3. The van der Waals surface area contributed by atoms with Crippen LogP contribution in [0.25, 0.3) is 10.9 Å². The molecule has 3 rings (SSSR count). The fourth-order valence-corrected chi connectivity index (χ4v) is 3.58. The lowest BCUT2D eigenvalue weighted by Gasteiger charge is -2.33. The van der Waals surface area contributed by atoms with Gasteiger partial charge in [0.15, 0.2) is 6.10 Å². The van der Waals surface area contributed by atoms with Crippen molar-refractivity contribution in [1.29, 1.82) is 0 Å². The number of hydrogen-bond donors (Lipinski definition) is 1. The number of rotatable bonds is 4. The monoisotopic (exact) mass is 348 g/mol. The first-order chi connectivity index (χ1) is 11.6. The van der Waals surface area contributed by atoms with Crippen LogP contribution in [-0.4, -0.2) is 47.3 Å². The van der Waals surface area contributed by atoms with Crippen LogP contribution < -0.4 is 0 Å². The molecule has 0 aliphatic carbocycles. The van der Waals surface area contributed by atoms with Crippen molar-refractivity contribution in [3.8, 4) is 0 Å². The Bertz CT molecular complexity index is 729. The molecule has 6 heteroatoms. The van der Waals surface area contributed by atoms with Crippen LogP contribution in [0, 0.1) is 5.92 Å². The van der Waals surface area contributed by atoms with Crippen LogP contribution in [0.15, 0.2) is 30.5 Å². The number of pyridine rings is 1. The van der Waals surface area contributed by atoms with Gasteiger partial charge in [0.25, 0.3) is 0 Å². The summed E-state index contributed by atoms with van der Waals surface area (Å²) in [6, 6.07) is 7.80. The van der Waals surface area contributed by atoms with Crippen molar-refractivity contribution < 1.29 is 14.6 Å². The minimum absolute atomic E-state index is 0.0390. The molecule has 128 valence electrons. The molecule has 1 aromatic heterocycles. The Morgan fingerprint density at radius 3 is 2.92 bits per heavy atom. The summed E-state index contributed by atoms with van der Waals surface area (Å²) >= 11 is 6.23. The van der Waals surface area contributed by atoms with Crippen LogP contribution in [0.4, 0.5) is 0 Å². The summed E-state index contributed by atoms with van der Waals surface area (Å²) in [6.45, 7) is 2.40. The molecule has 0 radical (unpaired) electrons. The van der Waals surface area contributed by atoms with Gasteiger partial charge in [-0.05, 0) is 55.6 Å². The van der Waals surface area contributed by atoms with E-state index in [0.29, 0.717) is 5.02 Å². The summed E-state index contributed by atoms with van der Waals surface area (Å²) in [7, 11) is 1.30. The van der Waals surface area contributed by atoms with Crippen molar-refractivity contribution in [2.75, 3.05) is 20.2 Å². The lowest BCUT2D eigenvalue weighted by molar-refractivity contribution is -0.154. The highest BCUT2D eigenvalue weighted by atomic mass is 35.5. The van der Waals surface area contributed by atoms with Crippen LogP contribution in [0.5, 0.6) is 0 Å². The maximum absolute atomic E-state index is 11.5. The van der Waals surface area contributed by atoms with E-state index >= 15 is 0 Å². The minimum atomic E-state index is -1.02. The van der Waals surface area contributed by atoms with E-state index in [1.165, 1.54) is 7.11 Å². The van der Waals surface area contributed by atoms with Crippen LogP contribution in [0.2, 0.25) is 5.02 Å². The first-order valence-corrected chi connectivity index (χ1v) is 8.47. The molecule has 1 unspecified atom stereocenters. The van der Waals surface area contributed by atoms with Gasteiger partial charge in [-0.15, -0.1) is 0 Å². The Morgan fingerprint density at radius 2 is 2.21 bits per heavy atom. The van der Waals surface area contributed by atoms with Gasteiger partial charge >= 0.3 is 5.97 Å². The van der Waals surface area contributed by atoms with E-state index < -0.39 is 12.1 Å². The van der Waals surface area contributed by atoms with E-state index in [-0.39, 0.29) is 5.92 Å². The van der Waals surface area contributed by atoms with Crippen molar-refractivity contribution in [2.24, 2.45) is 5.92 Å². The number of aliphatic hydroxyl groups is 1. The quantitative estimate of drug-likeness (QED) is 0.861. The summed E-state index contributed by atoms with van der Waals surface area (Å²) in [5, 5.41) is 11.7. The van der Waals surface area contributed by atoms with Gasteiger partial charge in [-0.2, -0.15) is 0 Å². The SMILES string of the molecule is COC(=O)C(O)C1CCN(Cc2cc(Cl)cc3cccnc23)CC1. The fourth-order valence-electron chi connectivity index (χ4n) is 3.33. The second-order valence-electron chi connectivity index (χ2n) is 6.22. The van der Waals surface area contributed by atoms with Crippen molar-refractivity contribution in [2.45, 2.75) is 25.5 Å². The molecule has 1 fully saturated rings. The van der Waals surface area contributed by atoms with Gasteiger partial charge in [-0.25, -0.2) is 4.79 Å². The van der Waals surface area contributed by atoms with Crippen molar-refractivity contribution in [3.05, 3.63) is 41.0 Å². The number of carbonyl (C=O) groups is 1. The third-order valence-corrected chi connectivity index (χ3v) is 4.88. The number of benzene rings is 1. The van der Waals surface area contributed by atoms with Gasteiger partial charge in [-0.1, -0.05) is 17.7 Å². The van der Waals surface area contributed by atoms with Crippen molar-refractivity contribution >= 4 is 28.5 Å². The summed E-state index contributed by atoms with van der Waals surface area (Å²) < 4.78 is 4.62. The number of fused-ring (bicyclic) bond motifs is 1. The van der Waals surface area contributed by atoms with E-state index in [0.717, 1.165) is 48.9 Å². The number of likely N-dealkylation sites (tertiary alicyclic amines) is 1. The summed E-state index contributed by atoms with van der Waals surface area (Å²) in [5.41, 5.74) is 2.07. The predicted molar refractivity (Wildman–Crippen MR) is 92.8 cm³/mol. The van der Waals surface area contributed by atoms with Crippen LogP contribution in [-0.2, 0) is 16.1 Å². The third-order valence-electron chi connectivity index (χ3n) is 4.66. The van der Waals surface area contributed by atoms with Crippen LogP contribution in [0.1, 0.15) is 18.4 Å². The normalized spacial score (nSPS) is 17.8. The number of halogens is 1. The maximum Gasteiger partial charge on any atom is 0.334 e. The smallest absolute Gasteiger partial charge is 0.334 e. The highest BCUT2D eigenvalue weighted by Crippen LogP contribution is 2.26. The Morgan fingerprint density at radius 1 is 1.46 bits per heavy atom. The van der Waals surface area contributed by atoms with Gasteiger partial charge in [0.05, 0.1) is 12.6 Å². The van der Waals surface area contributed by atoms with Crippen molar-refractivity contribution in [3.63, 3.8) is 0 Å². The highest BCUT2D eigenvalue weighted by molar-refractivity contribution is 6.31. The fraction of sp³-hybridized carbons (Fsp3) is 0.444. The molecule has 1 saturated heterocycles. The molecule has 2 heterocycles. The van der Waals surface area contributed by atoms with Gasteiger partial charge < -0.3 is 9.84 Å². The summed E-state index contributed by atoms with van der Waals surface area (Å²) in [4.78, 5) is 18.2. The molecular weight excluding hydrogens is 328 g/mol. The Hall–Kier alpha value is -1.69. The predicted octanol–water partition coefficient (Wildman–Crippen LogP) is 2.63. The number of methoxy groups -OCH3 is 1. The average Bonchev–Trinajstić information content (AvgIpc) is 2.61. The molecule has 24 heavy (non-hydrogen) atoms. The van der Waals surface area contributed by atoms with E-state index in [2.05, 4.69) is 14.6 Å². The average molecular weight is 349 g/mol. The van der Waals surface area contributed by atoms with E-state index in [1.807, 2.05) is 24.3 Å². The molecule has 2 aromatic rings. The zero-order valence-electron chi connectivity index (χ0n) is 13.6. The van der Waals surface area contributed by atoms with E-state index in [9.17, 15) is 9.90 Å². The number of nitrogens with zero attached hydrogens (tertiary/aromatic N) is 2. The Balaban J connectivity index is 1.68. The largest absolute Gasteiger partial charge is 0.467 e. The van der Waals surface area contributed by atoms with Gasteiger partial charge in [0.1, 0.15) is 0 Å². The molecule has 1 aromatic carbocycles. The number of piperidine rings is 1. The molecule has 1 aliphatic heterocycles. The first kappa shape index (κ1) is 17.1. The zero-order chi connectivity index (χ0) is 17.1. The Kier molecular flexibility index (Phi) is 5.33. The number of aliphatic hydroxyl groups excluding tert-OH is 1. The van der Waals surface area contributed by atoms with Crippen molar-refractivity contribution in [1.82, 2.24) is 9.88 Å². The Labute approximate surface area is 146 Å². The van der Waals surface area contributed by atoms with E-state index in [4.69, 9.17) is 11.6 Å². The zero-order valence-corrected chi connectivity index (χ0v) is 14.4. The number of carbonyl (C=O) groups excluding carboxylic acids is 1. The highest BCUT2D eigenvalue weighted by Gasteiger charge is 2.30. The number of ether oxygens (including phenoxy) is 1. The molecule has 1 N–H and O–H groups in total. The molecular formula is C18H21ClN2O3. The van der Waals surface area contributed by atoms with Crippen LogP contribution in [0.3, 0.4) is 0 Å². The lowest BCUT2D eigenvalue weighted by atomic mass is 9.91.